The van der Waals surface area contributed by atoms with Crippen LogP contribution in [0.3, 0.4) is 0 Å². The molecule has 1 aliphatic heterocycles. The van der Waals surface area contributed by atoms with Crippen molar-refractivity contribution in [1.82, 2.24) is 20.4 Å². The first kappa shape index (κ1) is 35.6. The Bertz CT molecular complexity index is 1480. The van der Waals surface area contributed by atoms with Gasteiger partial charge in [-0.15, -0.1) is 0 Å². The SMILES string of the molecule is NC(N)=NCCC[C@H](NC(=O)CC1(CC(=O)N2CCN(C(c3ccccc3)c3ccccc3)CC2)CCCC1)C(=O)NCc1ccccc1. The molecule has 1 heterocycles. The van der Waals surface area contributed by atoms with E-state index in [1.165, 1.54) is 11.1 Å². The van der Waals surface area contributed by atoms with E-state index in [-0.39, 0.29) is 36.1 Å². The number of nitrogens with two attached hydrogens (primary N) is 2. The summed E-state index contributed by atoms with van der Waals surface area (Å²) in [7, 11) is 0. The lowest BCUT2D eigenvalue weighted by Crippen LogP contribution is -2.51. The Kier molecular flexibility index (Phi) is 12.8. The van der Waals surface area contributed by atoms with Gasteiger partial charge in [-0.3, -0.25) is 24.3 Å². The summed E-state index contributed by atoms with van der Waals surface area (Å²) in [5.41, 5.74) is 14.0. The maximum Gasteiger partial charge on any atom is 0.242 e. The number of rotatable bonds is 15. The van der Waals surface area contributed by atoms with Crippen molar-refractivity contribution in [2.24, 2.45) is 21.9 Å². The molecule has 5 rings (SSSR count). The van der Waals surface area contributed by atoms with Gasteiger partial charge in [-0.1, -0.05) is 104 Å². The van der Waals surface area contributed by atoms with Crippen LogP contribution < -0.4 is 22.1 Å². The molecule has 0 bridgehead atoms. The lowest BCUT2D eigenvalue weighted by molar-refractivity contribution is -0.137. The number of amides is 3. The molecule has 1 atom stereocenters. The Balaban J connectivity index is 1.18. The first-order valence-electron chi connectivity index (χ1n) is 17.6. The van der Waals surface area contributed by atoms with Crippen molar-refractivity contribution in [3.05, 3.63) is 108 Å². The largest absolute Gasteiger partial charge is 0.370 e. The molecule has 1 saturated carbocycles. The lowest BCUT2D eigenvalue weighted by Gasteiger charge is -2.41. The molecular formula is C39H51N7O3. The standard InChI is InChI=1S/C39H51N7O3/c40-38(41)42-22-12-19-33(37(49)43-29-30-13-4-1-5-14-30)44-34(47)27-39(20-10-11-21-39)28-35(48)45-23-25-46(26-24-45)36(31-15-6-2-7-16-31)32-17-8-3-9-18-32/h1-9,13-18,33,36H,10-12,19-29H2,(H,43,49)(H,44,47)(H4,40,41,42)/t33-/m0/s1. The van der Waals surface area contributed by atoms with Crippen molar-refractivity contribution >= 4 is 23.7 Å². The van der Waals surface area contributed by atoms with Crippen LogP contribution in [0.2, 0.25) is 0 Å². The molecule has 6 N–H and O–H groups in total. The Morgan fingerprint density at radius 1 is 0.776 bits per heavy atom. The number of guanidine groups is 1. The van der Waals surface area contributed by atoms with Crippen LogP contribution in [0.5, 0.6) is 0 Å². The number of hydrogen-bond acceptors (Lipinski definition) is 5. The molecular weight excluding hydrogens is 614 g/mol. The second-order valence-corrected chi connectivity index (χ2v) is 13.5. The molecule has 0 aromatic heterocycles. The van der Waals surface area contributed by atoms with Gasteiger partial charge in [0, 0.05) is 52.1 Å². The Labute approximate surface area is 290 Å². The van der Waals surface area contributed by atoms with Gasteiger partial charge in [0.25, 0.3) is 0 Å². The van der Waals surface area contributed by atoms with Crippen LogP contribution in [0.4, 0.5) is 0 Å². The smallest absolute Gasteiger partial charge is 0.242 e. The number of carbonyl (C=O) groups excluding carboxylic acids is 3. The Hall–Kier alpha value is -4.70. The van der Waals surface area contributed by atoms with Crippen LogP contribution in [-0.2, 0) is 20.9 Å². The fourth-order valence-electron chi connectivity index (χ4n) is 7.35. The molecule has 2 fully saturated rings. The molecule has 2 aliphatic rings. The summed E-state index contributed by atoms with van der Waals surface area (Å²) in [6, 6.07) is 30.1. The quantitative estimate of drug-likeness (QED) is 0.109. The summed E-state index contributed by atoms with van der Waals surface area (Å²) >= 11 is 0. The summed E-state index contributed by atoms with van der Waals surface area (Å²) in [5.74, 6) is -0.342. The summed E-state index contributed by atoms with van der Waals surface area (Å²) < 4.78 is 0. The van der Waals surface area contributed by atoms with Crippen molar-refractivity contribution in [1.29, 1.82) is 0 Å². The van der Waals surface area contributed by atoms with E-state index in [1.807, 2.05) is 47.4 Å². The summed E-state index contributed by atoms with van der Waals surface area (Å²) in [5, 5.41) is 5.96. The first-order valence-corrected chi connectivity index (χ1v) is 17.6. The minimum absolute atomic E-state index is 0.00410. The van der Waals surface area contributed by atoms with Gasteiger partial charge in [0.15, 0.2) is 5.96 Å². The Morgan fingerprint density at radius 3 is 1.92 bits per heavy atom. The minimum Gasteiger partial charge on any atom is -0.370 e. The topological polar surface area (TPSA) is 146 Å². The van der Waals surface area contributed by atoms with Crippen molar-refractivity contribution < 1.29 is 14.4 Å². The molecule has 3 amide bonds. The minimum atomic E-state index is -0.727. The fraction of sp³-hybridized carbons (Fsp3) is 0.436. The molecule has 3 aromatic carbocycles. The molecule has 3 aromatic rings. The number of piperazine rings is 1. The monoisotopic (exact) mass is 665 g/mol. The van der Waals surface area contributed by atoms with E-state index in [4.69, 9.17) is 11.5 Å². The summed E-state index contributed by atoms with van der Waals surface area (Å²) in [4.78, 5) is 49.1. The second kappa shape index (κ2) is 17.6. The number of nitrogens with one attached hydrogen (secondary N) is 2. The van der Waals surface area contributed by atoms with Crippen LogP contribution in [0, 0.1) is 5.41 Å². The number of carbonyl (C=O) groups is 3. The highest BCUT2D eigenvalue weighted by molar-refractivity contribution is 5.88. The van der Waals surface area contributed by atoms with Crippen LogP contribution in [0.15, 0.2) is 96.0 Å². The average Bonchev–Trinajstić information content (AvgIpc) is 3.57. The molecule has 0 radical (unpaired) electrons. The van der Waals surface area contributed by atoms with E-state index in [0.717, 1.165) is 44.3 Å². The zero-order chi connectivity index (χ0) is 34.5. The number of nitrogens with zero attached hydrogens (tertiary/aromatic N) is 3. The molecule has 10 heteroatoms. The van der Waals surface area contributed by atoms with Crippen LogP contribution >= 0.6 is 0 Å². The van der Waals surface area contributed by atoms with Crippen molar-refractivity contribution in [2.75, 3.05) is 32.7 Å². The van der Waals surface area contributed by atoms with Crippen molar-refractivity contribution in [3.8, 4) is 0 Å². The van der Waals surface area contributed by atoms with Crippen LogP contribution in [-0.4, -0.2) is 72.2 Å². The third-order valence-electron chi connectivity index (χ3n) is 9.90. The Morgan fingerprint density at radius 2 is 1.35 bits per heavy atom. The van der Waals surface area contributed by atoms with E-state index in [0.29, 0.717) is 45.4 Å². The second-order valence-electron chi connectivity index (χ2n) is 13.5. The highest BCUT2D eigenvalue weighted by Gasteiger charge is 2.40. The zero-order valence-corrected chi connectivity index (χ0v) is 28.4. The molecule has 260 valence electrons. The zero-order valence-electron chi connectivity index (χ0n) is 28.4. The first-order chi connectivity index (χ1) is 23.8. The molecule has 1 saturated heterocycles. The predicted octanol–water partition coefficient (Wildman–Crippen LogP) is 4.12. The highest BCUT2D eigenvalue weighted by Crippen LogP contribution is 2.44. The van der Waals surface area contributed by atoms with Gasteiger partial charge in [0.05, 0.1) is 6.04 Å². The molecule has 0 unspecified atom stereocenters. The third-order valence-corrected chi connectivity index (χ3v) is 9.90. The van der Waals surface area contributed by atoms with Crippen LogP contribution in [0.1, 0.15) is 74.1 Å². The maximum absolute atomic E-state index is 13.8. The van der Waals surface area contributed by atoms with Crippen molar-refractivity contribution in [2.45, 2.75) is 70.0 Å². The van der Waals surface area contributed by atoms with Gasteiger partial charge in [0.2, 0.25) is 17.7 Å². The van der Waals surface area contributed by atoms with Gasteiger partial charge in [-0.05, 0) is 47.8 Å². The van der Waals surface area contributed by atoms with Gasteiger partial charge in [-0.25, -0.2) is 0 Å². The van der Waals surface area contributed by atoms with Crippen molar-refractivity contribution in [3.63, 3.8) is 0 Å². The van der Waals surface area contributed by atoms with E-state index >= 15 is 0 Å². The average molecular weight is 666 g/mol. The number of hydrogen-bond donors (Lipinski definition) is 4. The van der Waals surface area contributed by atoms with E-state index in [9.17, 15) is 14.4 Å². The van der Waals surface area contributed by atoms with Gasteiger partial charge in [0.1, 0.15) is 6.04 Å². The fourth-order valence-corrected chi connectivity index (χ4v) is 7.35. The van der Waals surface area contributed by atoms with E-state index in [2.05, 4.69) is 69.1 Å². The molecule has 0 spiro atoms. The van der Waals surface area contributed by atoms with E-state index < -0.39 is 11.5 Å². The summed E-state index contributed by atoms with van der Waals surface area (Å²) in [6.07, 6.45) is 5.12. The van der Waals surface area contributed by atoms with Gasteiger partial charge < -0.3 is 27.0 Å². The molecule has 1 aliphatic carbocycles. The third kappa shape index (κ3) is 10.4. The normalized spacial score (nSPS) is 16.6. The van der Waals surface area contributed by atoms with Gasteiger partial charge in [-0.2, -0.15) is 0 Å². The maximum atomic E-state index is 13.8. The van der Waals surface area contributed by atoms with Gasteiger partial charge >= 0.3 is 0 Å². The highest BCUT2D eigenvalue weighted by atomic mass is 16.2. The predicted molar refractivity (Wildman–Crippen MR) is 193 cm³/mol. The number of benzene rings is 3. The summed E-state index contributed by atoms with van der Waals surface area (Å²) in [6.45, 7) is 3.57. The number of aliphatic imine (C=N–C) groups is 1. The van der Waals surface area contributed by atoms with Crippen LogP contribution in [0.25, 0.3) is 0 Å². The molecule has 49 heavy (non-hydrogen) atoms. The lowest BCUT2D eigenvalue weighted by atomic mass is 9.78. The molecule has 10 nitrogen and oxygen atoms in total. The van der Waals surface area contributed by atoms with E-state index in [1.54, 1.807) is 0 Å².